The van der Waals surface area contributed by atoms with E-state index in [4.69, 9.17) is 0 Å². The van der Waals surface area contributed by atoms with Gasteiger partial charge in [0.15, 0.2) is 0 Å². The number of allylic oxidation sites excluding steroid dienone is 2. The first kappa shape index (κ1) is 11.0. The van der Waals surface area contributed by atoms with Crippen molar-refractivity contribution in [1.82, 2.24) is 0 Å². The predicted molar refractivity (Wildman–Crippen MR) is 68.0 cm³/mol. The van der Waals surface area contributed by atoms with Gasteiger partial charge in [0.05, 0.1) is 8.07 Å². The maximum absolute atomic E-state index is 2.34. The first-order valence-electron chi connectivity index (χ1n) is 4.99. The minimum Gasteiger partial charge on any atom is -0.0950 e. The van der Waals surface area contributed by atoms with E-state index in [2.05, 4.69) is 67.8 Å². The van der Waals surface area contributed by atoms with E-state index in [1.54, 1.807) is 0 Å². The fourth-order valence-electron chi connectivity index (χ4n) is 1.08. The second-order valence-corrected chi connectivity index (χ2v) is 9.56. The van der Waals surface area contributed by atoms with E-state index in [1.165, 1.54) is 5.56 Å². The lowest BCUT2D eigenvalue weighted by molar-refractivity contribution is 1.66. The fourth-order valence-corrected chi connectivity index (χ4v) is 1.76. The molecule has 0 aliphatic carbocycles. The van der Waals surface area contributed by atoms with Gasteiger partial charge in [-0.05, 0) is 5.56 Å². The molecule has 0 aromatic heterocycles. The lowest BCUT2D eigenvalue weighted by Crippen LogP contribution is -2.14. The van der Waals surface area contributed by atoms with Gasteiger partial charge in [-0.15, -0.1) is 0 Å². The van der Waals surface area contributed by atoms with Crippen LogP contribution in [0.3, 0.4) is 0 Å². The third-order valence-corrected chi connectivity index (χ3v) is 2.99. The molecule has 0 aliphatic rings. The zero-order valence-corrected chi connectivity index (χ0v) is 10.2. The Bertz CT molecular complexity index is 315. The van der Waals surface area contributed by atoms with Gasteiger partial charge in [0.1, 0.15) is 0 Å². The highest BCUT2D eigenvalue weighted by molar-refractivity contribution is 6.81. The third kappa shape index (κ3) is 4.82. The molecule has 0 spiro atoms. The highest BCUT2D eigenvalue weighted by atomic mass is 28.3. The standard InChI is InChI=1S/C13H18Si/c1-14(2,3)12-8-7-11-13-9-5-4-6-10-13/h4-12H,1-3H3/b11-7?,12-8+. The van der Waals surface area contributed by atoms with Crippen LogP contribution in [0.1, 0.15) is 5.56 Å². The van der Waals surface area contributed by atoms with Crippen LogP contribution in [-0.4, -0.2) is 8.07 Å². The molecule has 0 heterocycles. The van der Waals surface area contributed by atoms with Crippen molar-refractivity contribution in [3.63, 3.8) is 0 Å². The van der Waals surface area contributed by atoms with Crippen molar-refractivity contribution in [2.24, 2.45) is 0 Å². The molecular formula is C13H18Si. The number of benzene rings is 1. The van der Waals surface area contributed by atoms with Crippen molar-refractivity contribution in [2.75, 3.05) is 0 Å². The Labute approximate surface area is 88.0 Å². The van der Waals surface area contributed by atoms with Crippen molar-refractivity contribution in [3.05, 3.63) is 53.7 Å². The number of hydrogen-bond donors (Lipinski definition) is 0. The molecule has 0 radical (unpaired) electrons. The normalized spacial score (nSPS) is 12.8. The van der Waals surface area contributed by atoms with Gasteiger partial charge in [-0.1, -0.05) is 73.9 Å². The monoisotopic (exact) mass is 202 g/mol. The fraction of sp³-hybridized carbons (Fsp3) is 0.231. The van der Waals surface area contributed by atoms with Crippen molar-refractivity contribution in [1.29, 1.82) is 0 Å². The summed E-state index contributed by atoms with van der Waals surface area (Å²) in [6, 6.07) is 10.4. The van der Waals surface area contributed by atoms with Gasteiger partial charge in [-0.2, -0.15) is 0 Å². The van der Waals surface area contributed by atoms with Crippen LogP contribution in [0.5, 0.6) is 0 Å². The van der Waals surface area contributed by atoms with Gasteiger partial charge in [-0.25, -0.2) is 0 Å². The molecule has 1 heteroatoms. The summed E-state index contributed by atoms with van der Waals surface area (Å²) in [5.41, 5.74) is 3.60. The molecular weight excluding hydrogens is 184 g/mol. The zero-order valence-electron chi connectivity index (χ0n) is 9.20. The highest BCUT2D eigenvalue weighted by Crippen LogP contribution is 2.04. The predicted octanol–water partition coefficient (Wildman–Crippen LogP) is 4.13. The molecule has 0 atom stereocenters. The van der Waals surface area contributed by atoms with Crippen LogP contribution in [0.2, 0.25) is 19.6 Å². The lowest BCUT2D eigenvalue weighted by atomic mass is 10.2. The average molecular weight is 202 g/mol. The largest absolute Gasteiger partial charge is 0.0950 e. The lowest BCUT2D eigenvalue weighted by Gasteiger charge is -2.06. The first-order chi connectivity index (χ1) is 6.58. The van der Waals surface area contributed by atoms with Crippen molar-refractivity contribution < 1.29 is 0 Å². The molecule has 0 saturated heterocycles. The van der Waals surface area contributed by atoms with Crippen LogP contribution in [-0.2, 0) is 0 Å². The minimum atomic E-state index is -1.03. The third-order valence-electron chi connectivity index (χ3n) is 1.80. The summed E-state index contributed by atoms with van der Waals surface area (Å²) in [4.78, 5) is 0. The summed E-state index contributed by atoms with van der Waals surface area (Å²) in [5.74, 6) is 0. The minimum absolute atomic E-state index is 1.03. The summed E-state index contributed by atoms with van der Waals surface area (Å²) >= 11 is 0. The Kier molecular flexibility index (Phi) is 3.90. The van der Waals surface area contributed by atoms with Crippen molar-refractivity contribution >= 4 is 14.1 Å². The van der Waals surface area contributed by atoms with Crippen LogP contribution in [0.4, 0.5) is 0 Å². The molecule has 14 heavy (non-hydrogen) atoms. The molecule has 0 aliphatic heterocycles. The Morgan fingerprint density at radius 2 is 1.57 bits per heavy atom. The summed E-state index contributed by atoms with van der Waals surface area (Å²) in [6.45, 7) is 7.00. The molecule has 74 valence electrons. The van der Waals surface area contributed by atoms with E-state index in [9.17, 15) is 0 Å². The van der Waals surface area contributed by atoms with E-state index in [0.29, 0.717) is 0 Å². The van der Waals surface area contributed by atoms with Gasteiger partial charge in [0, 0.05) is 0 Å². The summed E-state index contributed by atoms with van der Waals surface area (Å²) in [6.07, 6.45) is 6.42. The van der Waals surface area contributed by atoms with Crippen LogP contribution in [0.15, 0.2) is 48.2 Å². The van der Waals surface area contributed by atoms with E-state index in [1.807, 2.05) is 6.07 Å². The van der Waals surface area contributed by atoms with Gasteiger partial charge >= 0.3 is 0 Å². The topological polar surface area (TPSA) is 0 Å². The Hall–Kier alpha value is -1.08. The van der Waals surface area contributed by atoms with Gasteiger partial charge in [-0.3, -0.25) is 0 Å². The van der Waals surface area contributed by atoms with E-state index in [-0.39, 0.29) is 0 Å². The van der Waals surface area contributed by atoms with Crippen LogP contribution >= 0.6 is 0 Å². The van der Waals surface area contributed by atoms with Gasteiger partial charge in [0.25, 0.3) is 0 Å². The quantitative estimate of drug-likeness (QED) is 0.510. The molecule has 0 bridgehead atoms. The number of hydrogen-bond acceptors (Lipinski definition) is 0. The van der Waals surface area contributed by atoms with Crippen molar-refractivity contribution in [2.45, 2.75) is 19.6 Å². The van der Waals surface area contributed by atoms with E-state index in [0.717, 1.165) is 0 Å². The second-order valence-electron chi connectivity index (χ2n) is 4.49. The van der Waals surface area contributed by atoms with Crippen LogP contribution < -0.4 is 0 Å². The molecule has 1 rings (SSSR count). The molecule has 1 aromatic carbocycles. The maximum Gasteiger partial charge on any atom is 0.0687 e. The maximum atomic E-state index is 2.34. The summed E-state index contributed by atoms with van der Waals surface area (Å²) < 4.78 is 0. The molecule has 0 unspecified atom stereocenters. The molecule has 0 saturated carbocycles. The average Bonchev–Trinajstić information content (AvgIpc) is 2.13. The molecule has 1 aromatic rings. The number of rotatable bonds is 3. The van der Waals surface area contributed by atoms with E-state index < -0.39 is 8.07 Å². The molecule has 0 nitrogen and oxygen atoms in total. The Morgan fingerprint density at radius 3 is 2.14 bits per heavy atom. The SMILES string of the molecule is C[Si](C)(C)/C=C/C=Cc1ccccc1. The highest BCUT2D eigenvalue weighted by Gasteiger charge is 2.05. The Balaban J connectivity index is 2.54. The second kappa shape index (κ2) is 4.96. The zero-order chi connectivity index (χ0) is 10.4. The van der Waals surface area contributed by atoms with Gasteiger partial charge in [0.2, 0.25) is 0 Å². The molecule has 0 fully saturated rings. The molecule has 0 N–H and O–H groups in total. The smallest absolute Gasteiger partial charge is 0.0687 e. The van der Waals surface area contributed by atoms with Crippen LogP contribution in [0, 0.1) is 0 Å². The summed E-state index contributed by atoms with van der Waals surface area (Å²) in [5, 5.41) is 0. The van der Waals surface area contributed by atoms with Gasteiger partial charge < -0.3 is 0 Å². The van der Waals surface area contributed by atoms with Crippen molar-refractivity contribution in [3.8, 4) is 0 Å². The first-order valence-corrected chi connectivity index (χ1v) is 8.57. The Morgan fingerprint density at radius 1 is 0.929 bits per heavy atom. The summed E-state index contributed by atoms with van der Waals surface area (Å²) in [7, 11) is -1.03. The van der Waals surface area contributed by atoms with E-state index >= 15 is 0 Å². The molecule has 0 amide bonds. The van der Waals surface area contributed by atoms with Crippen LogP contribution in [0.25, 0.3) is 6.08 Å².